The van der Waals surface area contributed by atoms with Gasteiger partial charge in [0.2, 0.25) is 0 Å². The van der Waals surface area contributed by atoms with Crippen LogP contribution in [0.3, 0.4) is 0 Å². The summed E-state index contributed by atoms with van der Waals surface area (Å²) < 4.78 is 0. The molecule has 124 valence electrons. The summed E-state index contributed by atoms with van der Waals surface area (Å²) in [4.78, 5) is 22.2. The number of fused-ring (bicyclic) bond motifs is 1. The number of carbonyl (C=O) groups excluding carboxylic acids is 1. The third-order valence-corrected chi connectivity index (χ3v) is 4.93. The third-order valence-electron chi connectivity index (χ3n) is 4.51. The number of hydrogen-bond acceptors (Lipinski definition) is 4. The average Bonchev–Trinajstić information content (AvgIpc) is 3.00. The van der Waals surface area contributed by atoms with Crippen molar-refractivity contribution in [2.75, 3.05) is 19.6 Å². The molecule has 1 aromatic heterocycles. The van der Waals surface area contributed by atoms with Gasteiger partial charge in [0.25, 0.3) is 0 Å². The van der Waals surface area contributed by atoms with E-state index >= 15 is 0 Å². The molecular formula is C18H25N3OS. The van der Waals surface area contributed by atoms with E-state index < -0.39 is 0 Å². The fraction of sp³-hybridized carbons (Fsp3) is 0.556. The van der Waals surface area contributed by atoms with Crippen LogP contribution in [0.2, 0.25) is 0 Å². The Morgan fingerprint density at radius 3 is 2.83 bits per heavy atom. The Morgan fingerprint density at radius 1 is 1.26 bits per heavy atom. The lowest BCUT2D eigenvalue weighted by Gasteiger charge is -2.28. The standard InChI is InChI=1S/C18H25N3OS/c22-17(18-19-15-8-2-3-9-16(15)20-18)10-6-7-14(23)13-21-11-4-1-5-12-21/h2-3,8-9,14,23H,1,4-7,10-13H2,(H,19,20). The molecule has 1 atom stereocenters. The lowest BCUT2D eigenvalue weighted by molar-refractivity contribution is 0.0970. The maximum atomic E-state index is 12.3. The van der Waals surface area contributed by atoms with Crippen LogP contribution in [0.5, 0.6) is 0 Å². The first-order chi connectivity index (χ1) is 11.2. The van der Waals surface area contributed by atoms with Crippen molar-refractivity contribution in [1.82, 2.24) is 14.9 Å². The Bertz CT molecular complexity index is 616. The monoisotopic (exact) mass is 331 g/mol. The number of aromatic nitrogens is 2. The molecule has 2 heterocycles. The average molecular weight is 331 g/mol. The summed E-state index contributed by atoms with van der Waals surface area (Å²) in [5.41, 5.74) is 1.78. The minimum atomic E-state index is 0.0969. The molecule has 3 rings (SSSR count). The van der Waals surface area contributed by atoms with E-state index in [4.69, 9.17) is 12.6 Å². The van der Waals surface area contributed by atoms with Crippen LogP contribution in [0, 0.1) is 0 Å². The number of likely N-dealkylation sites (tertiary alicyclic amines) is 1. The van der Waals surface area contributed by atoms with Gasteiger partial charge in [0.1, 0.15) is 0 Å². The number of nitrogens with one attached hydrogen (secondary N) is 1. The van der Waals surface area contributed by atoms with Crippen molar-refractivity contribution in [2.45, 2.75) is 43.8 Å². The van der Waals surface area contributed by atoms with Crippen LogP contribution in [-0.2, 0) is 0 Å². The molecule has 0 bridgehead atoms. The number of piperidine rings is 1. The second kappa shape index (κ2) is 7.97. The SMILES string of the molecule is O=C(CCCC(S)CN1CCCCC1)c1nc2ccccc2[nH]1. The molecule has 23 heavy (non-hydrogen) atoms. The number of aromatic amines is 1. The molecule has 1 aliphatic heterocycles. The van der Waals surface area contributed by atoms with Crippen molar-refractivity contribution in [2.24, 2.45) is 0 Å². The van der Waals surface area contributed by atoms with Gasteiger partial charge in [0, 0.05) is 18.2 Å². The number of nitrogens with zero attached hydrogens (tertiary/aromatic N) is 2. The number of imidazole rings is 1. The summed E-state index contributed by atoms with van der Waals surface area (Å²) >= 11 is 4.69. The van der Waals surface area contributed by atoms with Gasteiger partial charge in [-0.15, -0.1) is 0 Å². The number of ketones is 1. The zero-order valence-corrected chi connectivity index (χ0v) is 14.4. The molecule has 5 heteroatoms. The second-order valence-corrected chi connectivity index (χ2v) is 7.16. The first-order valence-electron chi connectivity index (χ1n) is 8.61. The van der Waals surface area contributed by atoms with Crippen LogP contribution < -0.4 is 0 Å². The number of Topliss-reactive ketones (excluding diaryl/α,β-unsaturated/α-hetero) is 1. The maximum absolute atomic E-state index is 12.3. The topological polar surface area (TPSA) is 49.0 Å². The van der Waals surface area contributed by atoms with Crippen LogP contribution in [-0.4, -0.2) is 45.5 Å². The minimum absolute atomic E-state index is 0.0969. The van der Waals surface area contributed by atoms with Crippen molar-refractivity contribution in [3.05, 3.63) is 30.1 Å². The van der Waals surface area contributed by atoms with Gasteiger partial charge in [0.05, 0.1) is 11.0 Å². The fourth-order valence-electron chi connectivity index (χ4n) is 3.23. The smallest absolute Gasteiger partial charge is 0.198 e. The van der Waals surface area contributed by atoms with E-state index in [9.17, 15) is 4.79 Å². The van der Waals surface area contributed by atoms with Crippen LogP contribution >= 0.6 is 12.6 Å². The molecule has 4 nitrogen and oxygen atoms in total. The molecule has 0 aliphatic carbocycles. The molecule has 1 aliphatic rings. The molecular weight excluding hydrogens is 306 g/mol. The Morgan fingerprint density at radius 2 is 2.04 bits per heavy atom. The molecule has 0 spiro atoms. The van der Waals surface area contributed by atoms with E-state index in [1.165, 1.54) is 32.4 Å². The van der Waals surface area contributed by atoms with Gasteiger partial charge >= 0.3 is 0 Å². The first-order valence-corrected chi connectivity index (χ1v) is 9.12. The Kier molecular flexibility index (Phi) is 5.73. The fourth-order valence-corrected chi connectivity index (χ4v) is 3.65. The van der Waals surface area contributed by atoms with Crippen LogP contribution in [0.4, 0.5) is 0 Å². The zero-order chi connectivity index (χ0) is 16.1. The summed E-state index contributed by atoms with van der Waals surface area (Å²) in [6.07, 6.45) is 6.37. The largest absolute Gasteiger partial charge is 0.335 e. The maximum Gasteiger partial charge on any atom is 0.198 e. The number of rotatable bonds is 7. The molecule has 0 amide bonds. The number of para-hydroxylation sites is 2. The lowest BCUT2D eigenvalue weighted by atomic mass is 10.1. The highest BCUT2D eigenvalue weighted by molar-refractivity contribution is 7.81. The minimum Gasteiger partial charge on any atom is -0.335 e. The summed E-state index contributed by atoms with van der Waals surface area (Å²) in [6.45, 7) is 3.45. The second-order valence-electron chi connectivity index (χ2n) is 6.43. The number of hydrogen-bond donors (Lipinski definition) is 2. The van der Waals surface area contributed by atoms with Crippen molar-refractivity contribution in [3.8, 4) is 0 Å². The van der Waals surface area contributed by atoms with Gasteiger partial charge in [-0.3, -0.25) is 4.79 Å². The van der Waals surface area contributed by atoms with Crippen molar-refractivity contribution < 1.29 is 4.79 Å². The first kappa shape index (κ1) is 16.5. The highest BCUT2D eigenvalue weighted by Crippen LogP contribution is 2.16. The van der Waals surface area contributed by atoms with Crippen LogP contribution in [0.1, 0.15) is 49.1 Å². The van der Waals surface area contributed by atoms with Gasteiger partial charge in [-0.25, -0.2) is 4.98 Å². The van der Waals surface area contributed by atoms with Crippen molar-refractivity contribution >= 4 is 29.4 Å². The number of benzene rings is 1. The normalized spacial score (nSPS) is 17.4. The molecule has 1 saturated heterocycles. The highest BCUT2D eigenvalue weighted by atomic mass is 32.1. The van der Waals surface area contributed by atoms with Crippen LogP contribution in [0.15, 0.2) is 24.3 Å². The summed E-state index contributed by atoms with van der Waals surface area (Å²) in [6, 6.07) is 7.75. The Hall–Kier alpha value is -1.33. The molecule has 0 radical (unpaired) electrons. The van der Waals surface area contributed by atoms with E-state index in [0.717, 1.165) is 30.4 Å². The van der Waals surface area contributed by atoms with Gasteiger partial charge in [-0.2, -0.15) is 12.6 Å². The van der Waals surface area contributed by atoms with Gasteiger partial charge in [-0.1, -0.05) is 18.6 Å². The number of H-pyrrole nitrogens is 1. The molecule has 1 N–H and O–H groups in total. The lowest BCUT2D eigenvalue weighted by Crippen LogP contribution is -2.34. The molecule has 0 saturated carbocycles. The Balaban J connectivity index is 1.43. The van der Waals surface area contributed by atoms with E-state index in [1.807, 2.05) is 24.3 Å². The summed E-state index contributed by atoms with van der Waals surface area (Å²) in [7, 11) is 0. The quantitative estimate of drug-likeness (QED) is 0.601. The predicted molar refractivity (Wildman–Crippen MR) is 97.3 cm³/mol. The number of carbonyl (C=O) groups is 1. The summed E-state index contributed by atoms with van der Waals surface area (Å²) in [5.74, 6) is 0.581. The van der Waals surface area contributed by atoms with Crippen LogP contribution in [0.25, 0.3) is 11.0 Å². The van der Waals surface area contributed by atoms with E-state index in [1.54, 1.807) is 0 Å². The molecule has 1 aromatic carbocycles. The predicted octanol–water partition coefficient (Wildman–Crippen LogP) is 3.70. The number of thiol groups is 1. The van der Waals surface area contributed by atoms with Gasteiger partial charge in [0.15, 0.2) is 11.6 Å². The van der Waals surface area contributed by atoms with Gasteiger partial charge in [-0.05, 0) is 50.9 Å². The van der Waals surface area contributed by atoms with Crippen molar-refractivity contribution in [1.29, 1.82) is 0 Å². The van der Waals surface area contributed by atoms with E-state index in [2.05, 4.69) is 14.9 Å². The zero-order valence-electron chi connectivity index (χ0n) is 13.5. The van der Waals surface area contributed by atoms with Crippen molar-refractivity contribution in [3.63, 3.8) is 0 Å². The molecule has 1 fully saturated rings. The molecule has 2 aromatic rings. The molecule has 1 unspecified atom stereocenters. The van der Waals surface area contributed by atoms with E-state index in [0.29, 0.717) is 17.5 Å². The Labute approximate surface area is 143 Å². The van der Waals surface area contributed by atoms with E-state index in [-0.39, 0.29) is 5.78 Å². The van der Waals surface area contributed by atoms with Gasteiger partial charge < -0.3 is 9.88 Å². The third kappa shape index (κ3) is 4.58. The summed E-state index contributed by atoms with van der Waals surface area (Å²) in [5, 5.41) is 0.358. The highest BCUT2D eigenvalue weighted by Gasteiger charge is 2.15.